The number of Topliss-reactive ketones (excluding diaryl/α,β-unsaturated/α-hetero) is 1. The zero-order valence-electron chi connectivity index (χ0n) is 9.95. The van der Waals surface area contributed by atoms with Gasteiger partial charge in [-0.1, -0.05) is 24.0 Å². The van der Waals surface area contributed by atoms with E-state index in [1.807, 2.05) is 0 Å². The molecule has 0 N–H and O–H groups in total. The lowest BCUT2D eigenvalue weighted by molar-refractivity contribution is -0.141. The molecule has 0 radical (unpaired) electrons. The summed E-state index contributed by atoms with van der Waals surface area (Å²) >= 11 is 0. The first-order valence-electron chi connectivity index (χ1n) is 5.39. The van der Waals surface area contributed by atoms with Gasteiger partial charge in [0.15, 0.2) is 5.78 Å². The summed E-state index contributed by atoms with van der Waals surface area (Å²) in [5, 5.41) is 0. The molecule has 0 atom stereocenters. The molecule has 0 heterocycles. The van der Waals surface area contributed by atoms with Crippen molar-refractivity contribution in [3.63, 3.8) is 0 Å². The minimum absolute atomic E-state index is 0.0241. The van der Waals surface area contributed by atoms with Gasteiger partial charge < -0.3 is 4.74 Å². The summed E-state index contributed by atoms with van der Waals surface area (Å²) in [7, 11) is 0. The normalized spacial score (nSPS) is 9.06. The van der Waals surface area contributed by atoms with Gasteiger partial charge in [-0.15, -0.1) is 0 Å². The van der Waals surface area contributed by atoms with Crippen molar-refractivity contribution in [1.29, 1.82) is 0 Å². The lowest BCUT2D eigenvalue weighted by Gasteiger charge is -1.96. The minimum atomic E-state index is -0.319. The van der Waals surface area contributed by atoms with Crippen LogP contribution in [-0.2, 0) is 9.53 Å². The average molecular weight is 230 g/mol. The maximum atomic E-state index is 11.0. The summed E-state index contributed by atoms with van der Waals surface area (Å²) in [5.41, 5.74) is 1.43. The smallest absolute Gasteiger partial charge is 0.317 e. The van der Waals surface area contributed by atoms with E-state index in [1.54, 1.807) is 31.2 Å². The van der Waals surface area contributed by atoms with Crippen LogP contribution in [0.1, 0.15) is 36.2 Å². The molecule has 0 bridgehead atoms. The second-order valence-electron chi connectivity index (χ2n) is 3.42. The van der Waals surface area contributed by atoms with Crippen LogP contribution in [0.3, 0.4) is 0 Å². The zero-order valence-corrected chi connectivity index (χ0v) is 9.95. The summed E-state index contributed by atoms with van der Waals surface area (Å²) in [6, 6.07) is 6.96. The molecule has 88 valence electrons. The molecule has 0 saturated heterocycles. The van der Waals surface area contributed by atoms with Gasteiger partial charge in [-0.3, -0.25) is 9.59 Å². The summed E-state index contributed by atoms with van der Waals surface area (Å²) < 4.78 is 4.74. The van der Waals surface area contributed by atoms with E-state index < -0.39 is 0 Å². The maximum Gasteiger partial charge on any atom is 0.317 e. The Morgan fingerprint density at radius 3 is 2.41 bits per heavy atom. The minimum Gasteiger partial charge on any atom is -0.465 e. The van der Waals surface area contributed by atoms with E-state index in [-0.39, 0.29) is 18.2 Å². The number of hydrogen-bond donors (Lipinski definition) is 0. The maximum absolute atomic E-state index is 11.0. The van der Waals surface area contributed by atoms with Crippen LogP contribution in [-0.4, -0.2) is 18.4 Å². The molecule has 0 aromatic heterocycles. The molecule has 0 unspecified atom stereocenters. The Morgan fingerprint density at radius 1 is 1.24 bits per heavy atom. The Labute approximate surface area is 101 Å². The van der Waals surface area contributed by atoms with Crippen molar-refractivity contribution in [3.05, 3.63) is 35.4 Å². The van der Waals surface area contributed by atoms with Crippen LogP contribution in [0.4, 0.5) is 0 Å². The lowest BCUT2D eigenvalue weighted by Crippen LogP contribution is -2.01. The van der Waals surface area contributed by atoms with Crippen molar-refractivity contribution in [2.24, 2.45) is 0 Å². The first-order valence-corrected chi connectivity index (χ1v) is 5.39. The van der Waals surface area contributed by atoms with Crippen LogP contribution in [0.2, 0.25) is 0 Å². The van der Waals surface area contributed by atoms with Gasteiger partial charge >= 0.3 is 5.97 Å². The van der Waals surface area contributed by atoms with Crippen molar-refractivity contribution in [2.45, 2.75) is 20.3 Å². The van der Waals surface area contributed by atoms with E-state index in [1.165, 1.54) is 6.92 Å². The summed E-state index contributed by atoms with van der Waals surface area (Å²) in [4.78, 5) is 22.0. The van der Waals surface area contributed by atoms with Gasteiger partial charge in [-0.25, -0.2) is 0 Å². The Morgan fingerprint density at radius 2 is 1.88 bits per heavy atom. The fraction of sp³-hybridized carbons (Fsp3) is 0.286. The molecule has 3 nitrogen and oxygen atoms in total. The first kappa shape index (κ1) is 13.0. The van der Waals surface area contributed by atoms with Gasteiger partial charge in [-0.05, 0) is 26.0 Å². The Balaban J connectivity index is 2.60. The third-order valence-electron chi connectivity index (χ3n) is 2.06. The fourth-order valence-electron chi connectivity index (χ4n) is 1.22. The molecule has 1 aromatic rings. The number of rotatable bonds is 3. The van der Waals surface area contributed by atoms with E-state index in [0.717, 1.165) is 5.56 Å². The largest absolute Gasteiger partial charge is 0.465 e. The van der Waals surface area contributed by atoms with Crippen LogP contribution >= 0.6 is 0 Å². The zero-order chi connectivity index (χ0) is 12.7. The van der Waals surface area contributed by atoms with Gasteiger partial charge in [0, 0.05) is 11.1 Å². The van der Waals surface area contributed by atoms with Gasteiger partial charge in [0.25, 0.3) is 0 Å². The molecular formula is C14H14O3. The average Bonchev–Trinajstić information content (AvgIpc) is 2.30. The number of esters is 1. The number of carbonyl (C=O) groups is 2. The van der Waals surface area contributed by atoms with Crippen molar-refractivity contribution in [2.75, 3.05) is 6.61 Å². The number of hydrogen-bond acceptors (Lipinski definition) is 3. The van der Waals surface area contributed by atoms with Crippen LogP contribution < -0.4 is 0 Å². The Bertz CT molecular complexity index is 460. The molecule has 1 rings (SSSR count). The highest BCUT2D eigenvalue weighted by molar-refractivity contribution is 5.94. The Kier molecular flexibility index (Phi) is 4.96. The van der Waals surface area contributed by atoms with Crippen molar-refractivity contribution < 1.29 is 14.3 Å². The van der Waals surface area contributed by atoms with Gasteiger partial charge in [0.1, 0.15) is 6.42 Å². The van der Waals surface area contributed by atoms with E-state index in [4.69, 9.17) is 4.74 Å². The predicted octanol–water partition coefficient (Wildman–Crippen LogP) is 2.19. The van der Waals surface area contributed by atoms with Crippen molar-refractivity contribution in [3.8, 4) is 11.8 Å². The standard InChI is InChI=1S/C14H14O3/c1-3-17-14(16)6-4-5-12-7-9-13(10-8-12)11(2)15/h7-10H,3,6H2,1-2H3. The number of benzene rings is 1. The van der Waals surface area contributed by atoms with Crippen molar-refractivity contribution >= 4 is 11.8 Å². The summed E-state index contributed by atoms with van der Waals surface area (Å²) in [6.45, 7) is 3.64. The van der Waals surface area contributed by atoms with E-state index in [0.29, 0.717) is 12.2 Å². The molecule has 0 aliphatic rings. The van der Waals surface area contributed by atoms with Crippen LogP contribution in [0.5, 0.6) is 0 Å². The number of ketones is 1. The first-order chi connectivity index (χ1) is 8.13. The molecule has 0 aliphatic heterocycles. The van der Waals surface area contributed by atoms with E-state index >= 15 is 0 Å². The van der Waals surface area contributed by atoms with Crippen molar-refractivity contribution in [1.82, 2.24) is 0 Å². The highest BCUT2D eigenvalue weighted by Gasteiger charge is 1.98. The third-order valence-corrected chi connectivity index (χ3v) is 2.06. The molecule has 0 fully saturated rings. The van der Waals surface area contributed by atoms with E-state index in [9.17, 15) is 9.59 Å². The second-order valence-corrected chi connectivity index (χ2v) is 3.42. The van der Waals surface area contributed by atoms with Crippen LogP contribution in [0.15, 0.2) is 24.3 Å². The molecular weight excluding hydrogens is 216 g/mol. The molecule has 1 aromatic carbocycles. The highest BCUT2D eigenvalue weighted by atomic mass is 16.5. The molecule has 0 saturated carbocycles. The molecule has 17 heavy (non-hydrogen) atoms. The fourth-order valence-corrected chi connectivity index (χ4v) is 1.22. The Hall–Kier alpha value is -2.08. The van der Waals surface area contributed by atoms with Gasteiger partial charge in [-0.2, -0.15) is 0 Å². The van der Waals surface area contributed by atoms with Gasteiger partial charge in [0.2, 0.25) is 0 Å². The van der Waals surface area contributed by atoms with E-state index in [2.05, 4.69) is 11.8 Å². The summed E-state index contributed by atoms with van der Waals surface area (Å²) in [5.74, 6) is 5.27. The topological polar surface area (TPSA) is 43.4 Å². The quantitative estimate of drug-likeness (QED) is 0.454. The van der Waals surface area contributed by atoms with Crippen LogP contribution in [0, 0.1) is 11.8 Å². The third kappa shape index (κ3) is 4.52. The monoisotopic (exact) mass is 230 g/mol. The SMILES string of the molecule is CCOC(=O)CC#Cc1ccc(C(C)=O)cc1. The second kappa shape index (κ2) is 6.49. The van der Waals surface area contributed by atoms with Gasteiger partial charge in [0.05, 0.1) is 6.61 Å². The molecule has 3 heteroatoms. The predicted molar refractivity (Wildman–Crippen MR) is 64.6 cm³/mol. The summed E-state index contributed by atoms with van der Waals surface area (Å²) in [6.07, 6.45) is 0.0856. The number of carbonyl (C=O) groups excluding carboxylic acids is 2. The highest BCUT2D eigenvalue weighted by Crippen LogP contribution is 2.03. The lowest BCUT2D eigenvalue weighted by atomic mass is 10.1. The number of ether oxygens (including phenoxy) is 1. The molecule has 0 aliphatic carbocycles. The molecule has 0 amide bonds. The van der Waals surface area contributed by atoms with Crippen LogP contribution in [0.25, 0.3) is 0 Å². The molecule has 0 spiro atoms.